The van der Waals surface area contributed by atoms with E-state index in [4.69, 9.17) is 0 Å². The molecule has 2 nitrogen and oxygen atoms in total. The van der Waals surface area contributed by atoms with Crippen LogP contribution in [0.2, 0.25) is 0 Å². The van der Waals surface area contributed by atoms with Gasteiger partial charge in [0, 0.05) is 32.2 Å². The first kappa shape index (κ1) is 22.9. The molecule has 1 aliphatic rings. The second kappa shape index (κ2) is 8.75. The normalized spacial score (nSPS) is 16.5. The minimum Gasteiger partial charge on any atom is -0.314 e. The van der Waals surface area contributed by atoms with Crippen LogP contribution < -0.4 is 5.32 Å². The largest absolute Gasteiger partial charge is 0.390 e. The summed E-state index contributed by atoms with van der Waals surface area (Å²) in [6.45, 7) is 2.70. The van der Waals surface area contributed by atoms with Crippen molar-refractivity contribution >= 4 is 57.1 Å². The maximum absolute atomic E-state index is 13.5. The van der Waals surface area contributed by atoms with E-state index in [2.05, 4.69) is 29.6 Å². The lowest BCUT2D eigenvalue weighted by Gasteiger charge is -2.36. The number of hydrogen-bond acceptors (Lipinski definition) is 2. The number of alkyl halides is 3. The number of nitrogens with zero attached hydrogens (tertiary/aromatic N) is 1. The number of piperazine rings is 1. The highest BCUT2D eigenvalue weighted by atomic mass is 35.5. The molecule has 0 amide bonds. The van der Waals surface area contributed by atoms with Gasteiger partial charge in [-0.1, -0.05) is 54.6 Å². The van der Waals surface area contributed by atoms with E-state index in [1.165, 1.54) is 0 Å². The Balaban J connectivity index is 0.00000128. The summed E-state index contributed by atoms with van der Waals surface area (Å²) in [5, 5.41) is 9.73. The van der Waals surface area contributed by atoms with E-state index in [0.717, 1.165) is 51.0 Å². The van der Waals surface area contributed by atoms with Crippen LogP contribution in [0, 0.1) is 0 Å². The molecule has 7 heteroatoms. The Kier molecular flexibility index (Phi) is 6.68. The summed E-state index contributed by atoms with van der Waals surface area (Å²) in [5.41, 5.74) is 0.782. The van der Waals surface area contributed by atoms with E-state index in [9.17, 15) is 13.2 Å². The Morgan fingerprint density at radius 1 is 0.800 bits per heavy atom. The van der Waals surface area contributed by atoms with Crippen LogP contribution in [-0.4, -0.2) is 37.3 Å². The third-order valence-corrected chi connectivity index (χ3v) is 5.94. The van der Waals surface area contributed by atoms with Crippen molar-refractivity contribution in [1.82, 2.24) is 10.2 Å². The number of halogens is 5. The van der Waals surface area contributed by atoms with Crippen molar-refractivity contribution < 1.29 is 13.2 Å². The van der Waals surface area contributed by atoms with Gasteiger partial charge in [-0.05, 0) is 37.9 Å². The lowest BCUT2D eigenvalue weighted by molar-refractivity contribution is -0.148. The Morgan fingerprint density at radius 3 is 2.00 bits per heavy atom. The average molecular weight is 455 g/mol. The number of hydrogen-bond donors (Lipinski definition) is 1. The molecule has 1 saturated heterocycles. The molecule has 0 bridgehead atoms. The number of rotatable bonds is 3. The van der Waals surface area contributed by atoms with Gasteiger partial charge in [-0.25, -0.2) is 0 Å². The third kappa shape index (κ3) is 4.04. The van der Waals surface area contributed by atoms with Gasteiger partial charge in [-0.2, -0.15) is 13.2 Å². The molecule has 0 spiro atoms. The summed E-state index contributed by atoms with van der Waals surface area (Å²) in [6, 6.07) is 17.6. The van der Waals surface area contributed by atoms with Crippen LogP contribution in [0.25, 0.3) is 32.3 Å². The van der Waals surface area contributed by atoms with Crippen LogP contribution in [-0.2, 0) is 0 Å². The second-order valence-electron chi connectivity index (χ2n) is 7.63. The van der Waals surface area contributed by atoms with Crippen LogP contribution in [0.15, 0.2) is 54.6 Å². The number of nitrogens with one attached hydrogen (secondary N) is 1. The highest BCUT2D eigenvalue weighted by Gasteiger charge is 2.36. The van der Waals surface area contributed by atoms with E-state index in [0.29, 0.717) is 13.1 Å². The summed E-state index contributed by atoms with van der Waals surface area (Å²) in [6.07, 6.45) is -5.03. The predicted octanol–water partition coefficient (Wildman–Crippen LogP) is 6.33. The summed E-state index contributed by atoms with van der Waals surface area (Å²) < 4.78 is 40.5. The molecule has 5 rings (SSSR count). The van der Waals surface area contributed by atoms with Crippen LogP contribution in [0.4, 0.5) is 13.2 Å². The average Bonchev–Trinajstić information content (AvgIpc) is 2.70. The molecule has 0 radical (unpaired) electrons. The molecular formula is C23H23Cl2F3N2. The first-order valence-corrected chi connectivity index (χ1v) is 9.69. The van der Waals surface area contributed by atoms with E-state index in [-0.39, 0.29) is 24.8 Å². The highest BCUT2D eigenvalue weighted by Crippen LogP contribution is 2.41. The molecule has 1 heterocycles. The fourth-order valence-corrected chi connectivity index (χ4v) is 4.70. The van der Waals surface area contributed by atoms with Gasteiger partial charge in [0.2, 0.25) is 0 Å². The molecule has 4 aromatic rings. The van der Waals surface area contributed by atoms with E-state index >= 15 is 0 Å². The summed E-state index contributed by atoms with van der Waals surface area (Å²) in [7, 11) is 0. The zero-order chi connectivity index (χ0) is 19.3. The summed E-state index contributed by atoms with van der Waals surface area (Å²) in [4.78, 5) is 1.98. The van der Waals surface area contributed by atoms with Crippen LogP contribution in [0.5, 0.6) is 0 Å². The summed E-state index contributed by atoms with van der Waals surface area (Å²) >= 11 is 0. The molecule has 0 saturated carbocycles. The minimum atomic E-state index is -4.21. The fraction of sp³-hybridized carbons (Fsp3) is 0.304. The van der Waals surface area contributed by atoms with Crippen molar-refractivity contribution in [2.24, 2.45) is 0 Å². The van der Waals surface area contributed by atoms with E-state index in [1.807, 2.05) is 35.2 Å². The van der Waals surface area contributed by atoms with Gasteiger partial charge in [0.05, 0.1) is 6.42 Å². The molecule has 0 aromatic heterocycles. The van der Waals surface area contributed by atoms with Crippen molar-refractivity contribution in [3.63, 3.8) is 0 Å². The smallest absolute Gasteiger partial charge is 0.314 e. The topological polar surface area (TPSA) is 15.3 Å². The predicted molar refractivity (Wildman–Crippen MR) is 122 cm³/mol. The van der Waals surface area contributed by atoms with Crippen LogP contribution >= 0.6 is 24.8 Å². The van der Waals surface area contributed by atoms with Gasteiger partial charge in [-0.15, -0.1) is 24.8 Å². The lowest BCUT2D eigenvalue weighted by Crippen LogP contribution is -2.46. The molecule has 1 fully saturated rings. The van der Waals surface area contributed by atoms with Gasteiger partial charge in [0.1, 0.15) is 0 Å². The quantitative estimate of drug-likeness (QED) is 0.364. The van der Waals surface area contributed by atoms with Gasteiger partial charge in [0.25, 0.3) is 0 Å². The van der Waals surface area contributed by atoms with Crippen LogP contribution in [0.3, 0.4) is 0 Å². The van der Waals surface area contributed by atoms with Gasteiger partial charge in [-0.3, -0.25) is 4.90 Å². The fourth-order valence-electron chi connectivity index (χ4n) is 4.70. The molecule has 30 heavy (non-hydrogen) atoms. The highest BCUT2D eigenvalue weighted by molar-refractivity contribution is 6.23. The molecule has 160 valence electrons. The van der Waals surface area contributed by atoms with Crippen molar-refractivity contribution in [3.8, 4) is 0 Å². The molecule has 1 N–H and O–H groups in total. The SMILES string of the molecule is Cl.Cl.FC(F)(F)C[C@H](c1ccc2ccc3cccc4ccc1c2c34)N1CCNCC1. The molecular weight excluding hydrogens is 432 g/mol. The van der Waals surface area contributed by atoms with E-state index < -0.39 is 18.6 Å². The molecule has 0 aliphatic carbocycles. The molecule has 4 aromatic carbocycles. The maximum atomic E-state index is 13.5. The molecule has 1 atom stereocenters. The van der Waals surface area contributed by atoms with Crippen molar-refractivity contribution in [2.75, 3.05) is 26.2 Å². The second-order valence-corrected chi connectivity index (χ2v) is 7.63. The Labute approximate surface area is 185 Å². The first-order chi connectivity index (χ1) is 13.5. The Bertz CT molecular complexity index is 1120. The van der Waals surface area contributed by atoms with Crippen molar-refractivity contribution in [2.45, 2.75) is 18.6 Å². The Hall–Kier alpha value is -1.79. The monoisotopic (exact) mass is 454 g/mol. The van der Waals surface area contributed by atoms with Crippen LogP contribution in [0.1, 0.15) is 18.0 Å². The maximum Gasteiger partial charge on any atom is 0.390 e. The molecule has 0 unspecified atom stereocenters. The standard InChI is InChI=1S/C23H21F3N2.2ClH/c24-23(25,26)14-20(28-12-10-27-11-13-28)18-8-6-17-5-4-15-2-1-3-16-7-9-19(18)22(17)21(15)16;;/h1-9,20,27H,10-14H2;2*1H/t20-;;/m1../s1. The van der Waals surface area contributed by atoms with Gasteiger partial charge in [0.15, 0.2) is 0 Å². The molecule has 1 aliphatic heterocycles. The number of benzene rings is 4. The zero-order valence-electron chi connectivity index (χ0n) is 16.2. The van der Waals surface area contributed by atoms with Gasteiger partial charge >= 0.3 is 6.18 Å². The third-order valence-electron chi connectivity index (χ3n) is 5.94. The summed E-state index contributed by atoms with van der Waals surface area (Å²) in [5.74, 6) is 0. The van der Waals surface area contributed by atoms with Crippen molar-refractivity contribution in [1.29, 1.82) is 0 Å². The zero-order valence-corrected chi connectivity index (χ0v) is 17.8. The lowest BCUT2D eigenvalue weighted by atomic mass is 9.88. The van der Waals surface area contributed by atoms with Crippen molar-refractivity contribution in [3.05, 3.63) is 60.2 Å². The minimum absolute atomic E-state index is 0. The first-order valence-electron chi connectivity index (χ1n) is 9.69. The van der Waals surface area contributed by atoms with Gasteiger partial charge < -0.3 is 5.32 Å². The van der Waals surface area contributed by atoms with E-state index in [1.54, 1.807) is 0 Å². The Morgan fingerprint density at radius 2 is 1.37 bits per heavy atom.